The third kappa shape index (κ3) is 4.75. The standard InChI is InChI=1S/C51H34N2O/c1-51(2)43-21-11-20-39(49(43)42-26-33-15-6-8-16-34(33)27-44(42)51)36-18-10-19-37(24-36)45-30-46(53-50(52-45)31-12-4-3-5-13-31)38-22-23-40-41-25-32-14-7-9-17-35(32)28-48(41)54-47(40)29-38/h3-30H,1-2H3. The van der Waals surface area contributed by atoms with Gasteiger partial charge in [0.05, 0.1) is 11.4 Å². The van der Waals surface area contributed by atoms with Crippen LogP contribution in [0.3, 0.4) is 0 Å². The van der Waals surface area contributed by atoms with Gasteiger partial charge in [-0.05, 0) is 103 Å². The summed E-state index contributed by atoms with van der Waals surface area (Å²) in [6.45, 7) is 4.70. The quantitative estimate of drug-likeness (QED) is 0.184. The van der Waals surface area contributed by atoms with Crippen LogP contribution < -0.4 is 0 Å². The van der Waals surface area contributed by atoms with E-state index in [2.05, 4.69) is 166 Å². The summed E-state index contributed by atoms with van der Waals surface area (Å²) >= 11 is 0. The Labute approximate surface area is 313 Å². The molecule has 11 rings (SSSR count). The minimum absolute atomic E-state index is 0.108. The van der Waals surface area contributed by atoms with E-state index in [0.717, 1.165) is 50.0 Å². The van der Waals surface area contributed by atoms with Crippen molar-refractivity contribution >= 4 is 43.5 Å². The van der Waals surface area contributed by atoms with Crippen molar-refractivity contribution in [1.29, 1.82) is 0 Å². The first-order valence-corrected chi connectivity index (χ1v) is 18.6. The SMILES string of the molecule is CC1(C)c2cc3ccccc3cc2-c2c(-c3cccc(-c4cc(-c5ccc6c(c5)oc5cc7ccccc7cc56)nc(-c5ccccc5)n4)c3)cccc21. The predicted molar refractivity (Wildman–Crippen MR) is 224 cm³/mol. The highest BCUT2D eigenvalue weighted by atomic mass is 16.3. The third-order valence-corrected chi connectivity index (χ3v) is 11.4. The van der Waals surface area contributed by atoms with Crippen LogP contribution in [0.1, 0.15) is 25.0 Å². The van der Waals surface area contributed by atoms with E-state index < -0.39 is 0 Å². The van der Waals surface area contributed by atoms with Gasteiger partial charge < -0.3 is 4.42 Å². The van der Waals surface area contributed by atoms with E-state index in [1.54, 1.807) is 0 Å². The molecule has 3 heteroatoms. The lowest BCUT2D eigenvalue weighted by atomic mass is 9.81. The number of benzene rings is 8. The van der Waals surface area contributed by atoms with Gasteiger partial charge in [-0.2, -0.15) is 0 Å². The van der Waals surface area contributed by atoms with E-state index in [1.807, 2.05) is 18.2 Å². The molecule has 10 aromatic rings. The number of aromatic nitrogens is 2. The number of nitrogens with zero attached hydrogens (tertiary/aromatic N) is 2. The second kappa shape index (κ2) is 11.6. The van der Waals surface area contributed by atoms with Crippen molar-refractivity contribution < 1.29 is 4.42 Å². The molecule has 1 aliphatic rings. The molecule has 2 aromatic heterocycles. The van der Waals surface area contributed by atoms with Crippen LogP contribution in [0.4, 0.5) is 0 Å². The molecular formula is C51H34N2O. The van der Waals surface area contributed by atoms with Crippen molar-refractivity contribution in [2.24, 2.45) is 0 Å². The van der Waals surface area contributed by atoms with Crippen LogP contribution in [0, 0.1) is 0 Å². The Morgan fingerprint density at radius 3 is 1.80 bits per heavy atom. The zero-order chi connectivity index (χ0) is 36.0. The van der Waals surface area contributed by atoms with E-state index in [0.29, 0.717) is 5.82 Å². The topological polar surface area (TPSA) is 38.9 Å². The van der Waals surface area contributed by atoms with Gasteiger partial charge in [0.15, 0.2) is 5.82 Å². The molecule has 0 saturated heterocycles. The molecule has 0 bridgehead atoms. The maximum atomic E-state index is 6.47. The van der Waals surface area contributed by atoms with Gasteiger partial charge in [-0.3, -0.25) is 0 Å². The molecule has 0 aliphatic heterocycles. The molecule has 0 amide bonds. The summed E-state index contributed by atoms with van der Waals surface area (Å²) in [5, 5.41) is 7.13. The lowest BCUT2D eigenvalue weighted by Gasteiger charge is -2.22. The fourth-order valence-electron chi connectivity index (χ4n) is 8.64. The van der Waals surface area contributed by atoms with Crippen LogP contribution >= 0.6 is 0 Å². The zero-order valence-electron chi connectivity index (χ0n) is 30.0. The van der Waals surface area contributed by atoms with Crippen LogP contribution in [0.15, 0.2) is 174 Å². The monoisotopic (exact) mass is 690 g/mol. The van der Waals surface area contributed by atoms with Crippen molar-refractivity contribution in [3.63, 3.8) is 0 Å². The lowest BCUT2D eigenvalue weighted by molar-refractivity contribution is 0.661. The predicted octanol–water partition coefficient (Wildman–Crippen LogP) is 13.7. The maximum absolute atomic E-state index is 6.47. The third-order valence-electron chi connectivity index (χ3n) is 11.4. The Hall–Kier alpha value is -6.84. The fraction of sp³-hybridized carbons (Fsp3) is 0.0588. The number of fused-ring (bicyclic) bond motifs is 8. The van der Waals surface area contributed by atoms with Crippen LogP contribution in [0.25, 0.3) is 99.6 Å². The van der Waals surface area contributed by atoms with E-state index >= 15 is 0 Å². The highest BCUT2D eigenvalue weighted by Crippen LogP contribution is 2.53. The number of furan rings is 1. The van der Waals surface area contributed by atoms with E-state index in [4.69, 9.17) is 14.4 Å². The normalized spacial score (nSPS) is 13.1. The molecule has 3 nitrogen and oxygen atoms in total. The average molecular weight is 691 g/mol. The van der Waals surface area contributed by atoms with E-state index in [9.17, 15) is 0 Å². The molecule has 254 valence electrons. The van der Waals surface area contributed by atoms with Crippen molar-refractivity contribution in [3.8, 4) is 56.2 Å². The molecule has 54 heavy (non-hydrogen) atoms. The van der Waals surface area contributed by atoms with E-state index in [-0.39, 0.29) is 5.41 Å². The van der Waals surface area contributed by atoms with Crippen molar-refractivity contribution in [2.75, 3.05) is 0 Å². The lowest BCUT2D eigenvalue weighted by Crippen LogP contribution is -2.14. The summed E-state index contributed by atoms with van der Waals surface area (Å²) in [5.41, 5.74) is 14.1. The molecule has 2 heterocycles. The minimum Gasteiger partial charge on any atom is -0.456 e. The van der Waals surface area contributed by atoms with Crippen LogP contribution in [0.5, 0.6) is 0 Å². The highest BCUT2D eigenvalue weighted by Gasteiger charge is 2.37. The Morgan fingerprint density at radius 2 is 1.02 bits per heavy atom. The summed E-state index contributed by atoms with van der Waals surface area (Å²) in [7, 11) is 0. The van der Waals surface area contributed by atoms with Crippen molar-refractivity contribution in [3.05, 3.63) is 181 Å². The van der Waals surface area contributed by atoms with Gasteiger partial charge in [-0.1, -0.05) is 135 Å². The van der Waals surface area contributed by atoms with Gasteiger partial charge in [0.25, 0.3) is 0 Å². The fourth-order valence-corrected chi connectivity index (χ4v) is 8.64. The Bertz CT molecular complexity index is 3130. The Balaban J connectivity index is 1.06. The maximum Gasteiger partial charge on any atom is 0.160 e. The molecule has 0 radical (unpaired) electrons. The van der Waals surface area contributed by atoms with Gasteiger partial charge in [0, 0.05) is 32.9 Å². The summed E-state index contributed by atoms with van der Waals surface area (Å²) in [4.78, 5) is 10.3. The smallest absolute Gasteiger partial charge is 0.160 e. The summed E-state index contributed by atoms with van der Waals surface area (Å²) in [5.74, 6) is 0.688. The Morgan fingerprint density at radius 1 is 0.407 bits per heavy atom. The van der Waals surface area contributed by atoms with Crippen molar-refractivity contribution in [2.45, 2.75) is 19.3 Å². The highest BCUT2D eigenvalue weighted by molar-refractivity contribution is 6.10. The molecule has 0 atom stereocenters. The summed E-state index contributed by atoms with van der Waals surface area (Å²) in [6.07, 6.45) is 0. The zero-order valence-corrected chi connectivity index (χ0v) is 30.0. The first kappa shape index (κ1) is 30.8. The minimum atomic E-state index is -0.108. The largest absolute Gasteiger partial charge is 0.456 e. The molecule has 0 saturated carbocycles. The van der Waals surface area contributed by atoms with Gasteiger partial charge in [-0.15, -0.1) is 0 Å². The second-order valence-electron chi connectivity index (χ2n) is 15.0. The van der Waals surface area contributed by atoms with Gasteiger partial charge in [0.1, 0.15) is 11.2 Å². The summed E-state index contributed by atoms with van der Waals surface area (Å²) < 4.78 is 6.47. The molecule has 0 unspecified atom stereocenters. The number of rotatable bonds is 4. The number of hydrogen-bond donors (Lipinski definition) is 0. The van der Waals surface area contributed by atoms with Crippen molar-refractivity contribution in [1.82, 2.24) is 9.97 Å². The Kier molecular flexibility index (Phi) is 6.60. The molecule has 0 fully saturated rings. The molecule has 0 spiro atoms. The van der Waals surface area contributed by atoms with Gasteiger partial charge in [0.2, 0.25) is 0 Å². The van der Waals surface area contributed by atoms with Gasteiger partial charge >= 0.3 is 0 Å². The van der Waals surface area contributed by atoms with E-state index in [1.165, 1.54) is 54.9 Å². The summed E-state index contributed by atoms with van der Waals surface area (Å²) in [6, 6.07) is 60.6. The second-order valence-corrected chi connectivity index (χ2v) is 15.0. The van der Waals surface area contributed by atoms with Crippen LogP contribution in [-0.4, -0.2) is 9.97 Å². The van der Waals surface area contributed by atoms with Gasteiger partial charge in [-0.25, -0.2) is 9.97 Å². The molecule has 1 aliphatic carbocycles. The number of hydrogen-bond acceptors (Lipinski definition) is 3. The molecule has 0 N–H and O–H groups in total. The first-order valence-electron chi connectivity index (χ1n) is 18.6. The average Bonchev–Trinajstić information content (AvgIpc) is 3.69. The molecule has 8 aromatic carbocycles. The molecular weight excluding hydrogens is 657 g/mol. The van der Waals surface area contributed by atoms with Crippen LogP contribution in [0.2, 0.25) is 0 Å². The van der Waals surface area contributed by atoms with Crippen LogP contribution in [-0.2, 0) is 5.41 Å². The first-order chi connectivity index (χ1) is 26.5.